The molecule has 0 N–H and O–H groups in total. The summed E-state index contributed by atoms with van der Waals surface area (Å²) in [5.41, 5.74) is 4.50. The highest BCUT2D eigenvalue weighted by atomic mass is 16.5. The molecule has 1 aromatic carbocycles. The van der Waals surface area contributed by atoms with E-state index in [9.17, 15) is 4.79 Å². The van der Waals surface area contributed by atoms with E-state index in [0.717, 1.165) is 50.2 Å². The van der Waals surface area contributed by atoms with Gasteiger partial charge in [-0.05, 0) is 43.2 Å². The van der Waals surface area contributed by atoms with E-state index in [4.69, 9.17) is 4.74 Å². The Bertz CT molecular complexity index is 969. The number of imidazole rings is 1. The molecule has 1 saturated heterocycles. The van der Waals surface area contributed by atoms with E-state index < -0.39 is 0 Å². The summed E-state index contributed by atoms with van der Waals surface area (Å²) in [6.45, 7) is 5.84. The fourth-order valence-electron chi connectivity index (χ4n) is 4.05. The molecule has 0 unspecified atom stereocenters. The first-order valence-electron chi connectivity index (χ1n) is 10.6. The van der Waals surface area contributed by atoms with E-state index in [0.29, 0.717) is 12.3 Å². The maximum Gasteiger partial charge on any atom is 0.222 e. The lowest BCUT2D eigenvalue weighted by Gasteiger charge is -2.32. The number of carbonyl (C=O) groups excluding carboxylic acids is 1. The Balaban J connectivity index is 1.36. The van der Waals surface area contributed by atoms with Crippen LogP contribution in [0.5, 0.6) is 5.75 Å². The number of likely N-dealkylation sites (tertiary alicyclic amines) is 1. The predicted octanol–water partition coefficient (Wildman–Crippen LogP) is 4.87. The summed E-state index contributed by atoms with van der Waals surface area (Å²) in [6.07, 6.45) is 8.52. The zero-order valence-electron chi connectivity index (χ0n) is 17.3. The Hall–Kier alpha value is -2.82. The summed E-state index contributed by atoms with van der Waals surface area (Å²) in [6, 6.07) is 12.5. The minimum Gasteiger partial charge on any atom is -0.490 e. The number of hydrogen-bond acceptors (Lipinski definition) is 3. The third-order valence-corrected chi connectivity index (χ3v) is 5.83. The van der Waals surface area contributed by atoms with Gasteiger partial charge in [0.1, 0.15) is 17.5 Å². The Morgan fingerprint density at radius 2 is 1.90 bits per heavy atom. The topological polar surface area (TPSA) is 46.8 Å². The van der Waals surface area contributed by atoms with Gasteiger partial charge >= 0.3 is 0 Å². The Labute approximate surface area is 172 Å². The maximum absolute atomic E-state index is 12.2. The molecule has 152 valence electrons. The number of fused-ring (bicyclic) bond motifs is 1. The van der Waals surface area contributed by atoms with Crippen molar-refractivity contribution in [1.29, 1.82) is 0 Å². The van der Waals surface area contributed by atoms with Crippen LogP contribution in [0, 0.1) is 6.92 Å². The van der Waals surface area contributed by atoms with Gasteiger partial charge in [-0.15, -0.1) is 0 Å². The van der Waals surface area contributed by atoms with Gasteiger partial charge in [0.05, 0.1) is 0 Å². The second-order valence-electron chi connectivity index (χ2n) is 7.81. The quantitative estimate of drug-likeness (QED) is 0.602. The van der Waals surface area contributed by atoms with Crippen molar-refractivity contribution in [2.45, 2.75) is 52.1 Å². The van der Waals surface area contributed by atoms with Gasteiger partial charge in [-0.2, -0.15) is 0 Å². The molecule has 29 heavy (non-hydrogen) atoms. The van der Waals surface area contributed by atoms with Crippen LogP contribution in [0.3, 0.4) is 0 Å². The molecule has 0 radical (unpaired) electrons. The van der Waals surface area contributed by atoms with Crippen molar-refractivity contribution < 1.29 is 9.53 Å². The van der Waals surface area contributed by atoms with E-state index in [1.807, 2.05) is 35.5 Å². The van der Waals surface area contributed by atoms with Crippen molar-refractivity contribution in [2.75, 3.05) is 13.1 Å². The summed E-state index contributed by atoms with van der Waals surface area (Å²) in [5.74, 6) is 1.19. The van der Waals surface area contributed by atoms with Gasteiger partial charge in [-0.25, -0.2) is 4.98 Å². The highest BCUT2D eigenvalue weighted by molar-refractivity contribution is 5.76. The molecule has 4 rings (SSSR count). The number of benzene rings is 1. The zero-order chi connectivity index (χ0) is 20.2. The highest BCUT2D eigenvalue weighted by Gasteiger charge is 2.23. The number of rotatable bonds is 6. The first kappa shape index (κ1) is 19.5. The second-order valence-corrected chi connectivity index (χ2v) is 7.81. The van der Waals surface area contributed by atoms with Crippen LogP contribution in [0.25, 0.3) is 16.8 Å². The predicted molar refractivity (Wildman–Crippen MR) is 115 cm³/mol. The van der Waals surface area contributed by atoms with Crippen molar-refractivity contribution in [3.8, 4) is 16.9 Å². The number of amides is 1. The van der Waals surface area contributed by atoms with E-state index in [-0.39, 0.29) is 6.10 Å². The summed E-state index contributed by atoms with van der Waals surface area (Å²) in [7, 11) is 0. The number of nitrogens with zero attached hydrogens (tertiary/aromatic N) is 3. The highest BCUT2D eigenvalue weighted by Crippen LogP contribution is 2.27. The van der Waals surface area contributed by atoms with Crippen LogP contribution in [0.15, 0.2) is 48.8 Å². The fourth-order valence-corrected chi connectivity index (χ4v) is 4.05. The van der Waals surface area contributed by atoms with Crippen molar-refractivity contribution in [2.24, 2.45) is 0 Å². The molecule has 1 aliphatic rings. The minimum atomic E-state index is 0.181. The van der Waals surface area contributed by atoms with Gasteiger partial charge in [-0.1, -0.05) is 25.5 Å². The summed E-state index contributed by atoms with van der Waals surface area (Å²) in [4.78, 5) is 18.5. The summed E-state index contributed by atoms with van der Waals surface area (Å²) >= 11 is 0. The molecule has 0 atom stereocenters. The van der Waals surface area contributed by atoms with Crippen molar-refractivity contribution >= 4 is 11.6 Å². The largest absolute Gasteiger partial charge is 0.490 e. The average Bonchev–Trinajstić information content (AvgIpc) is 3.23. The zero-order valence-corrected chi connectivity index (χ0v) is 17.3. The van der Waals surface area contributed by atoms with Gasteiger partial charge in [0.25, 0.3) is 0 Å². The van der Waals surface area contributed by atoms with Crippen molar-refractivity contribution in [1.82, 2.24) is 14.3 Å². The van der Waals surface area contributed by atoms with Gasteiger partial charge in [0.15, 0.2) is 0 Å². The molecule has 2 aromatic heterocycles. The average molecular weight is 392 g/mol. The monoisotopic (exact) mass is 391 g/mol. The molecular weight excluding hydrogens is 362 g/mol. The molecule has 1 fully saturated rings. The number of ether oxygens (including phenoxy) is 1. The number of carbonyl (C=O) groups is 1. The number of unbranched alkanes of at least 4 members (excludes halogenated alkanes) is 1. The Morgan fingerprint density at radius 3 is 2.62 bits per heavy atom. The van der Waals surface area contributed by atoms with Gasteiger partial charge in [0.2, 0.25) is 5.91 Å². The molecule has 1 aliphatic heterocycles. The molecule has 5 nitrogen and oxygen atoms in total. The van der Waals surface area contributed by atoms with E-state index in [2.05, 4.69) is 41.4 Å². The smallest absolute Gasteiger partial charge is 0.222 e. The number of aryl methyl sites for hydroxylation is 1. The van der Waals surface area contributed by atoms with Gasteiger partial charge in [0, 0.05) is 56.0 Å². The number of pyridine rings is 1. The lowest BCUT2D eigenvalue weighted by atomic mass is 10.0. The van der Waals surface area contributed by atoms with Crippen LogP contribution in [0.2, 0.25) is 0 Å². The maximum atomic E-state index is 12.2. The fraction of sp³-hybridized carbons (Fsp3) is 0.417. The first-order valence-corrected chi connectivity index (χ1v) is 10.6. The molecule has 0 spiro atoms. The molecule has 3 heterocycles. The van der Waals surface area contributed by atoms with Crippen LogP contribution in [-0.4, -0.2) is 39.4 Å². The van der Waals surface area contributed by atoms with E-state index >= 15 is 0 Å². The second kappa shape index (κ2) is 8.68. The third-order valence-electron chi connectivity index (χ3n) is 5.83. The van der Waals surface area contributed by atoms with Gasteiger partial charge < -0.3 is 14.0 Å². The number of hydrogen-bond donors (Lipinski definition) is 0. The lowest BCUT2D eigenvalue weighted by molar-refractivity contribution is -0.133. The molecule has 0 saturated carbocycles. The van der Waals surface area contributed by atoms with Crippen LogP contribution in [0.4, 0.5) is 0 Å². The number of piperidine rings is 1. The standard InChI is InChI=1S/C24H29N3O2/c1-3-4-5-24(28)26-15-12-21(13-16-26)29-20-8-6-19(7-9-20)22-10-11-23-25-14-17-27(23)18(22)2/h6-11,14,17,21H,3-5,12-13,15-16H2,1-2H3. The summed E-state index contributed by atoms with van der Waals surface area (Å²) < 4.78 is 8.30. The van der Waals surface area contributed by atoms with E-state index in [1.54, 1.807) is 0 Å². The van der Waals surface area contributed by atoms with E-state index in [1.165, 1.54) is 16.8 Å². The normalized spacial score (nSPS) is 15.0. The summed E-state index contributed by atoms with van der Waals surface area (Å²) in [5, 5.41) is 0. The molecule has 0 bridgehead atoms. The van der Waals surface area contributed by atoms with Crippen LogP contribution in [0.1, 0.15) is 44.7 Å². The van der Waals surface area contributed by atoms with Crippen LogP contribution < -0.4 is 4.74 Å². The minimum absolute atomic E-state index is 0.181. The van der Waals surface area contributed by atoms with Crippen LogP contribution >= 0.6 is 0 Å². The third kappa shape index (κ3) is 4.29. The Kier molecular flexibility index (Phi) is 5.84. The molecular formula is C24H29N3O2. The van der Waals surface area contributed by atoms with Crippen molar-refractivity contribution in [3.63, 3.8) is 0 Å². The van der Waals surface area contributed by atoms with Crippen LogP contribution in [-0.2, 0) is 4.79 Å². The SMILES string of the molecule is CCCCC(=O)N1CCC(Oc2ccc(-c3ccc4nccn4c3C)cc2)CC1. The molecule has 0 aliphatic carbocycles. The number of aromatic nitrogens is 2. The first-order chi connectivity index (χ1) is 14.2. The van der Waals surface area contributed by atoms with Gasteiger partial charge in [-0.3, -0.25) is 4.79 Å². The van der Waals surface area contributed by atoms with Crippen molar-refractivity contribution in [3.05, 3.63) is 54.5 Å². The molecule has 5 heteroatoms. The molecule has 3 aromatic rings. The Morgan fingerprint density at radius 1 is 1.14 bits per heavy atom. The lowest BCUT2D eigenvalue weighted by Crippen LogP contribution is -2.41. The molecule has 1 amide bonds.